The standard InChI is InChI=1S/C49H53ClFN7O4/c1-55-24-26-56(27-25-55)21-18-46(59)53-39-15-17-41-44(30-39)52-33-58(48(41)61)32-49(62)19-22-57(23-20-49)47(60)37(28-34-6-3-2-4-7-34)9-5-8-35-10-16-40-42(50)31-43(54-45(40)29-35)36-11-13-38(51)14-12-36/h2-4,6-7,10-17,29-31,33,37,62H,5,8-9,18-28,32H2,1H3,(H,53,59). The molecule has 2 fully saturated rings. The molecular formula is C49H53ClFN7O4. The van der Waals surface area contributed by atoms with Crippen molar-refractivity contribution in [3.63, 3.8) is 0 Å². The van der Waals surface area contributed by atoms with Gasteiger partial charge in [-0.25, -0.2) is 14.4 Å². The third kappa shape index (κ3) is 10.6. The molecular weight excluding hydrogens is 805 g/mol. The number of aryl methyl sites for hydroxylation is 1. The van der Waals surface area contributed by atoms with E-state index >= 15 is 0 Å². The van der Waals surface area contributed by atoms with Crippen LogP contribution in [0.25, 0.3) is 33.1 Å². The first-order chi connectivity index (χ1) is 30.0. The first kappa shape index (κ1) is 43.1. The van der Waals surface area contributed by atoms with Crippen molar-refractivity contribution in [1.82, 2.24) is 29.2 Å². The maximum atomic E-state index is 14.2. The molecule has 0 radical (unpaired) electrons. The van der Waals surface area contributed by atoms with Crippen molar-refractivity contribution >= 4 is 50.9 Å². The molecule has 0 bridgehead atoms. The van der Waals surface area contributed by atoms with Crippen molar-refractivity contribution < 1.29 is 19.1 Å². The van der Waals surface area contributed by atoms with Crippen LogP contribution in [0.2, 0.25) is 5.02 Å². The van der Waals surface area contributed by atoms with E-state index in [0.717, 1.165) is 66.6 Å². The molecule has 1 unspecified atom stereocenters. The number of anilines is 1. The molecule has 2 aromatic heterocycles. The van der Waals surface area contributed by atoms with Crippen LogP contribution in [0.5, 0.6) is 0 Å². The van der Waals surface area contributed by atoms with Crippen LogP contribution in [-0.2, 0) is 29.0 Å². The average Bonchev–Trinajstić information content (AvgIpc) is 3.27. The van der Waals surface area contributed by atoms with Crippen molar-refractivity contribution in [2.75, 3.05) is 58.2 Å². The smallest absolute Gasteiger partial charge is 0.261 e. The fourth-order valence-corrected chi connectivity index (χ4v) is 8.96. The van der Waals surface area contributed by atoms with E-state index in [-0.39, 0.29) is 35.7 Å². The lowest BCUT2D eigenvalue weighted by Crippen LogP contribution is -2.51. The maximum absolute atomic E-state index is 14.2. The van der Waals surface area contributed by atoms with Gasteiger partial charge in [0, 0.05) is 74.8 Å². The average molecular weight is 858 g/mol. The summed E-state index contributed by atoms with van der Waals surface area (Å²) in [5.41, 5.74) is 3.99. The van der Waals surface area contributed by atoms with Crippen LogP contribution in [-0.4, -0.2) is 105 Å². The number of likely N-dealkylation sites (N-methyl/N-ethyl adjacent to an activating group) is 1. The number of amides is 2. The molecule has 0 saturated carbocycles. The molecule has 2 aliphatic rings. The highest BCUT2D eigenvalue weighted by molar-refractivity contribution is 6.35. The SMILES string of the molecule is CN1CCN(CCC(=O)Nc2ccc3c(=O)n(CC4(O)CCN(C(=O)C(CCCc5ccc6c(Cl)cc(-c7ccc(F)cc7)nc6c5)Cc5ccccc5)CC4)cnc3c2)CC1. The fourth-order valence-electron chi connectivity index (χ4n) is 8.70. The Kier molecular flexibility index (Phi) is 13.4. The number of fused-ring (bicyclic) bond motifs is 2. The summed E-state index contributed by atoms with van der Waals surface area (Å²) in [4.78, 5) is 56.4. The number of halogens is 2. The number of piperidine rings is 1. The molecule has 1 atom stereocenters. The first-order valence-corrected chi connectivity index (χ1v) is 22.0. The second kappa shape index (κ2) is 19.2. The summed E-state index contributed by atoms with van der Waals surface area (Å²) in [7, 11) is 2.10. The zero-order valence-electron chi connectivity index (χ0n) is 35.1. The topological polar surface area (TPSA) is 124 Å². The Morgan fingerprint density at radius 3 is 2.37 bits per heavy atom. The van der Waals surface area contributed by atoms with Crippen molar-refractivity contribution in [3.05, 3.63) is 136 Å². The number of nitrogens with one attached hydrogen (secondary N) is 1. The van der Waals surface area contributed by atoms with Gasteiger partial charge in [-0.1, -0.05) is 54.1 Å². The van der Waals surface area contributed by atoms with Crippen LogP contribution >= 0.6 is 11.6 Å². The van der Waals surface area contributed by atoms with E-state index in [2.05, 4.69) is 45.3 Å². The molecule has 13 heteroatoms. The van der Waals surface area contributed by atoms with Crippen molar-refractivity contribution in [3.8, 4) is 11.3 Å². The maximum Gasteiger partial charge on any atom is 0.261 e. The molecule has 322 valence electrons. The molecule has 11 nitrogen and oxygen atoms in total. The number of hydrogen-bond donors (Lipinski definition) is 2. The monoisotopic (exact) mass is 857 g/mol. The molecule has 2 aliphatic heterocycles. The van der Waals surface area contributed by atoms with E-state index in [9.17, 15) is 23.9 Å². The number of pyridine rings is 1. The van der Waals surface area contributed by atoms with Crippen molar-refractivity contribution in [2.24, 2.45) is 5.92 Å². The summed E-state index contributed by atoms with van der Waals surface area (Å²) in [6.07, 6.45) is 5.30. The number of rotatable bonds is 14. The second-order valence-corrected chi connectivity index (χ2v) is 17.4. The molecule has 0 aliphatic carbocycles. The molecule has 2 N–H and O–H groups in total. The molecule has 0 spiro atoms. The molecule has 8 rings (SSSR count). The Morgan fingerprint density at radius 1 is 0.871 bits per heavy atom. The molecule has 2 saturated heterocycles. The van der Waals surface area contributed by atoms with Crippen LogP contribution < -0.4 is 10.9 Å². The third-order valence-corrected chi connectivity index (χ3v) is 12.8. The minimum atomic E-state index is -1.19. The molecule has 2 amide bonds. The van der Waals surface area contributed by atoms with Gasteiger partial charge in [-0.05, 0) is 111 Å². The van der Waals surface area contributed by atoms with Gasteiger partial charge in [0.15, 0.2) is 0 Å². The highest BCUT2D eigenvalue weighted by atomic mass is 35.5. The van der Waals surface area contributed by atoms with Gasteiger partial charge in [0.05, 0.1) is 45.6 Å². The number of hydrogen-bond acceptors (Lipinski definition) is 8. The lowest BCUT2D eigenvalue weighted by Gasteiger charge is -2.39. The number of aromatic nitrogens is 3. The minimum absolute atomic E-state index is 0.0618. The normalized spacial score (nSPS) is 16.4. The Bertz CT molecular complexity index is 2590. The predicted octanol–water partition coefficient (Wildman–Crippen LogP) is 7.22. The van der Waals surface area contributed by atoms with E-state index in [1.54, 1.807) is 36.4 Å². The summed E-state index contributed by atoms with van der Waals surface area (Å²) in [5, 5.41) is 16.5. The van der Waals surface area contributed by atoms with Crippen molar-refractivity contribution in [1.29, 1.82) is 0 Å². The highest BCUT2D eigenvalue weighted by Gasteiger charge is 2.36. The Morgan fingerprint density at radius 2 is 1.61 bits per heavy atom. The fraction of sp³-hybridized carbons (Fsp3) is 0.367. The Balaban J connectivity index is 0.877. The van der Waals surface area contributed by atoms with Gasteiger partial charge in [-0.2, -0.15) is 0 Å². The lowest BCUT2D eigenvalue weighted by atomic mass is 9.88. The van der Waals surface area contributed by atoms with Gasteiger partial charge in [-0.15, -0.1) is 0 Å². The van der Waals surface area contributed by atoms with E-state index < -0.39 is 5.60 Å². The van der Waals surface area contributed by atoms with E-state index in [0.29, 0.717) is 79.0 Å². The van der Waals surface area contributed by atoms with Gasteiger partial charge in [0.1, 0.15) is 5.82 Å². The summed E-state index contributed by atoms with van der Waals surface area (Å²) in [6, 6.07) is 29.2. The Hall–Kier alpha value is -5.53. The van der Waals surface area contributed by atoms with Gasteiger partial charge in [0.25, 0.3) is 5.56 Å². The zero-order chi connectivity index (χ0) is 43.2. The number of nitrogens with zero attached hydrogens (tertiary/aromatic N) is 6. The summed E-state index contributed by atoms with van der Waals surface area (Å²) in [5.74, 6) is -0.576. The van der Waals surface area contributed by atoms with Gasteiger partial charge < -0.3 is 25.1 Å². The molecule has 4 heterocycles. The number of carbonyl (C=O) groups is 2. The lowest BCUT2D eigenvalue weighted by molar-refractivity contribution is -0.140. The predicted molar refractivity (Wildman–Crippen MR) is 243 cm³/mol. The minimum Gasteiger partial charge on any atom is -0.388 e. The summed E-state index contributed by atoms with van der Waals surface area (Å²) >= 11 is 6.66. The summed E-state index contributed by atoms with van der Waals surface area (Å²) in [6.45, 7) is 5.41. The van der Waals surface area contributed by atoms with Crippen LogP contribution in [0.3, 0.4) is 0 Å². The highest BCUT2D eigenvalue weighted by Crippen LogP contribution is 2.31. The van der Waals surface area contributed by atoms with Crippen molar-refractivity contribution in [2.45, 2.75) is 57.1 Å². The number of benzene rings is 4. The molecule has 6 aromatic rings. The van der Waals surface area contributed by atoms with Gasteiger partial charge >= 0.3 is 0 Å². The van der Waals surface area contributed by atoms with Crippen LogP contribution in [0.1, 0.15) is 43.2 Å². The largest absolute Gasteiger partial charge is 0.388 e. The zero-order valence-corrected chi connectivity index (χ0v) is 35.9. The summed E-state index contributed by atoms with van der Waals surface area (Å²) < 4.78 is 15.0. The third-order valence-electron chi connectivity index (χ3n) is 12.5. The number of carbonyl (C=O) groups excluding carboxylic acids is 2. The van der Waals surface area contributed by atoms with Crippen LogP contribution in [0.4, 0.5) is 10.1 Å². The molecule has 4 aromatic carbocycles. The quantitative estimate of drug-likeness (QED) is 0.118. The van der Waals surface area contributed by atoms with Crippen LogP contribution in [0, 0.1) is 11.7 Å². The second-order valence-electron chi connectivity index (χ2n) is 17.0. The van der Waals surface area contributed by atoms with Crippen LogP contribution in [0.15, 0.2) is 108 Å². The first-order valence-electron chi connectivity index (χ1n) is 21.6. The van der Waals surface area contributed by atoms with Gasteiger partial charge in [-0.3, -0.25) is 19.0 Å². The number of piperazine rings is 1. The van der Waals surface area contributed by atoms with E-state index in [1.165, 1.54) is 23.0 Å². The van der Waals surface area contributed by atoms with E-state index in [4.69, 9.17) is 16.6 Å². The number of aliphatic hydroxyl groups is 1. The Labute approximate surface area is 366 Å². The van der Waals surface area contributed by atoms with Gasteiger partial charge in [0.2, 0.25) is 11.8 Å². The van der Waals surface area contributed by atoms with E-state index in [1.807, 2.05) is 35.2 Å². The number of likely N-dealkylation sites (tertiary alicyclic amines) is 1. The molecule has 62 heavy (non-hydrogen) atoms.